The van der Waals surface area contributed by atoms with Crippen LogP contribution in [-0.2, 0) is 11.8 Å². The quantitative estimate of drug-likeness (QED) is 0.836. The van der Waals surface area contributed by atoms with Crippen molar-refractivity contribution in [3.8, 4) is 0 Å². The van der Waals surface area contributed by atoms with Crippen LogP contribution in [0.4, 0.5) is 0 Å². The Labute approximate surface area is 118 Å². The number of aryl methyl sites for hydroxylation is 1. The van der Waals surface area contributed by atoms with Gasteiger partial charge in [-0.25, -0.2) is 0 Å². The molecule has 0 fully saturated rings. The Bertz CT molecular complexity index is 592. The highest BCUT2D eigenvalue weighted by molar-refractivity contribution is 6.06. The molecule has 1 atom stereocenters. The number of benzene rings is 1. The van der Waals surface area contributed by atoms with Crippen LogP contribution in [0, 0.1) is 0 Å². The van der Waals surface area contributed by atoms with Gasteiger partial charge in [0, 0.05) is 43.4 Å². The van der Waals surface area contributed by atoms with Crippen molar-refractivity contribution in [2.24, 2.45) is 7.05 Å². The van der Waals surface area contributed by atoms with Crippen molar-refractivity contribution in [2.45, 2.75) is 12.5 Å². The fourth-order valence-corrected chi connectivity index (χ4v) is 2.22. The van der Waals surface area contributed by atoms with Gasteiger partial charge in [0.2, 0.25) is 0 Å². The van der Waals surface area contributed by atoms with Gasteiger partial charge in [0.1, 0.15) is 0 Å². The van der Waals surface area contributed by atoms with Crippen molar-refractivity contribution in [3.63, 3.8) is 0 Å². The Balaban J connectivity index is 2.01. The van der Waals surface area contributed by atoms with Crippen LogP contribution in [0.3, 0.4) is 0 Å². The number of fused-ring (bicyclic) bond motifs is 1. The van der Waals surface area contributed by atoms with Crippen molar-refractivity contribution in [3.05, 3.63) is 36.0 Å². The molecule has 0 radical (unpaired) electrons. The lowest BCUT2D eigenvalue weighted by atomic mass is 10.1. The van der Waals surface area contributed by atoms with Gasteiger partial charge in [0.25, 0.3) is 5.91 Å². The van der Waals surface area contributed by atoms with E-state index in [2.05, 4.69) is 5.32 Å². The molecule has 20 heavy (non-hydrogen) atoms. The number of methoxy groups -OCH3 is 1. The predicted octanol–water partition coefficient (Wildman–Crippen LogP) is 1.31. The SMILES string of the molecule is COCC(O)CCNC(=O)c1cccc2c1ccn2C. The zero-order valence-electron chi connectivity index (χ0n) is 11.8. The first-order valence-corrected chi connectivity index (χ1v) is 6.62. The Morgan fingerprint density at radius 2 is 2.25 bits per heavy atom. The minimum atomic E-state index is -0.548. The third-order valence-corrected chi connectivity index (χ3v) is 3.29. The zero-order valence-corrected chi connectivity index (χ0v) is 11.8. The van der Waals surface area contributed by atoms with E-state index >= 15 is 0 Å². The number of hydrogen-bond acceptors (Lipinski definition) is 3. The number of nitrogens with one attached hydrogen (secondary N) is 1. The maximum atomic E-state index is 12.2. The number of carbonyl (C=O) groups is 1. The van der Waals surface area contributed by atoms with Crippen molar-refractivity contribution in [1.29, 1.82) is 0 Å². The van der Waals surface area contributed by atoms with Gasteiger partial charge in [0.15, 0.2) is 0 Å². The monoisotopic (exact) mass is 276 g/mol. The van der Waals surface area contributed by atoms with Gasteiger partial charge in [0.05, 0.1) is 12.7 Å². The van der Waals surface area contributed by atoms with Gasteiger partial charge >= 0.3 is 0 Å². The lowest BCUT2D eigenvalue weighted by molar-refractivity contribution is 0.0588. The molecule has 0 saturated carbocycles. The summed E-state index contributed by atoms with van der Waals surface area (Å²) in [5.74, 6) is -0.119. The zero-order chi connectivity index (χ0) is 14.5. The normalized spacial score (nSPS) is 12.6. The number of nitrogens with zero attached hydrogens (tertiary/aromatic N) is 1. The minimum Gasteiger partial charge on any atom is -0.391 e. The lowest BCUT2D eigenvalue weighted by Crippen LogP contribution is -2.28. The Hall–Kier alpha value is -1.85. The average Bonchev–Trinajstić information content (AvgIpc) is 2.81. The molecule has 2 aromatic rings. The highest BCUT2D eigenvalue weighted by atomic mass is 16.5. The number of rotatable bonds is 6. The van der Waals surface area contributed by atoms with Crippen molar-refractivity contribution in [2.75, 3.05) is 20.3 Å². The highest BCUT2D eigenvalue weighted by Crippen LogP contribution is 2.19. The molecule has 108 valence electrons. The van der Waals surface area contributed by atoms with E-state index in [9.17, 15) is 9.90 Å². The van der Waals surface area contributed by atoms with E-state index in [4.69, 9.17) is 4.74 Å². The van der Waals surface area contributed by atoms with Gasteiger partial charge < -0.3 is 19.7 Å². The second kappa shape index (κ2) is 6.54. The van der Waals surface area contributed by atoms with E-state index < -0.39 is 6.10 Å². The van der Waals surface area contributed by atoms with E-state index in [0.29, 0.717) is 18.5 Å². The molecule has 2 rings (SSSR count). The Morgan fingerprint density at radius 3 is 3.00 bits per heavy atom. The Kier molecular flexibility index (Phi) is 4.76. The standard InChI is InChI=1S/C15H20N2O3/c1-17-9-7-12-13(4-3-5-14(12)17)15(19)16-8-6-11(18)10-20-2/h3-5,7,9,11,18H,6,8,10H2,1-2H3,(H,16,19). The largest absolute Gasteiger partial charge is 0.391 e. The van der Waals surface area contributed by atoms with Gasteiger partial charge in [-0.15, -0.1) is 0 Å². The molecule has 0 aliphatic carbocycles. The molecule has 0 saturated heterocycles. The second-order valence-electron chi connectivity index (χ2n) is 4.82. The third-order valence-electron chi connectivity index (χ3n) is 3.29. The maximum Gasteiger partial charge on any atom is 0.251 e. The van der Waals surface area contributed by atoms with E-state index in [0.717, 1.165) is 10.9 Å². The second-order valence-corrected chi connectivity index (χ2v) is 4.82. The van der Waals surface area contributed by atoms with Crippen molar-refractivity contribution < 1.29 is 14.6 Å². The summed E-state index contributed by atoms with van der Waals surface area (Å²) < 4.78 is 6.82. The molecule has 2 N–H and O–H groups in total. The first-order valence-electron chi connectivity index (χ1n) is 6.62. The van der Waals surface area contributed by atoms with Crippen LogP contribution in [0.1, 0.15) is 16.8 Å². The van der Waals surface area contributed by atoms with E-state index in [1.165, 1.54) is 7.11 Å². The summed E-state index contributed by atoms with van der Waals surface area (Å²) in [7, 11) is 3.49. The molecule has 1 unspecified atom stereocenters. The number of hydrogen-bond donors (Lipinski definition) is 2. The first kappa shape index (κ1) is 14.6. The molecule has 0 aliphatic rings. The minimum absolute atomic E-state index is 0.119. The summed E-state index contributed by atoms with van der Waals surface area (Å²) in [5.41, 5.74) is 1.68. The fraction of sp³-hybridized carbons (Fsp3) is 0.400. The summed E-state index contributed by atoms with van der Waals surface area (Å²) in [6, 6.07) is 7.60. The van der Waals surface area contributed by atoms with Crippen LogP contribution in [0.15, 0.2) is 30.5 Å². The molecular formula is C15H20N2O3. The van der Waals surface area contributed by atoms with Crippen LogP contribution in [-0.4, -0.2) is 41.9 Å². The van der Waals surface area contributed by atoms with Gasteiger partial charge in [-0.3, -0.25) is 4.79 Å². The molecule has 1 heterocycles. The fourth-order valence-electron chi connectivity index (χ4n) is 2.22. The van der Waals surface area contributed by atoms with Crippen molar-refractivity contribution in [1.82, 2.24) is 9.88 Å². The summed E-state index contributed by atoms with van der Waals surface area (Å²) in [6.45, 7) is 0.705. The summed E-state index contributed by atoms with van der Waals surface area (Å²) in [4.78, 5) is 12.2. The molecule has 1 amide bonds. The summed E-state index contributed by atoms with van der Waals surface area (Å²) in [6.07, 6.45) is 1.86. The van der Waals surface area contributed by atoms with Crippen molar-refractivity contribution >= 4 is 16.8 Å². The van der Waals surface area contributed by atoms with E-state index in [-0.39, 0.29) is 12.5 Å². The van der Waals surface area contributed by atoms with Crippen LogP contribution in [0.5, 0.6) is 0 Å². The predicted molar refractivity (Wildman–Crippen MR) is 77.8 cm³/mol. The molecule has 1 aromatic heterocycles. The molecule has 0 aliphatic heterocycles. The highest BCUT2D eigenvalue weighted by Gasteiger charge is 2.11. The van der Waals surface area contributed by atoms with Gasteiger partial charge in [-0.2, -0.15) is 0 Å². The topological polar surface area (TPSA) is 63.5 Å². The number of ether oxygens (including phenoxy) is 1. The molecule has 0 bridgehead atoms. The van der Waals surface area contributed by atoms with Gasteiger partial charge in [-0.05, 0) is 24.6 Å². The van der Waals surface area contributed by atoms with Crippen LogP contribution < -0.4 is 5.32 Å². The maximum absolute atomic E-state index is 12.2. The molecule has 5 nitrogen and oxygen atoms in total. The van der Waals surface area contributed by atoms with E-state index in [1.54, 1.807) is 0 Å². The molecular weight excluding hydrogens is 256 g/mol. The third kappa shape index (κ3) is 3.18. The molecule has 0 spiro atoms. The molecule has 1 aromatic carbocycles. The average molecular weight is 276 g/mol. The number of aliphatic hydroxyl groups is 1. The first-order chi connectivity index (χ1) is 9.63. The van der Waals surface area contributed by atoms with Crippen LogP contribution in [0.2, 0.25) is 0 Å². The molecule has 5 heteroatoms. The summed E-state index contributed by atoms with van der Waals surface area (Å²) >= 11 is 0. The summed E-state index contributed by atoms with van der Waals surface area (Å²) in [5, 5.41) is 13.3. The van der Waals surface area contributed by atoms with Crippen LogP contribution in [0.25, 0.3) is 10.9 Å². The van der Waals surface area contributed by atoms with Gasteiger partial charge in [-0.1, -0.05) is 6.07 Å². The Morgan fingerprint density at radius 1 is 1.45 bits per heavy atom. The lowest BCUT2D eigenvalue weighted by Gasteiger charge is -2.10. The smallest absolute Gasteiger partial charge is 0.251 e. The van der Waals surface area contributed by atoms with Crippen LogP contribution >= 0.6 is 0 Å². The number of aliphatic hydroxyl groups excluding tert-OH is 1. The van der Waals surface area contributed by atoms with E-state index in [1.807, 2.05) is 42.1 Å². The number of aromatic nitrogens is 1. The number of amides is 1. The number of carbonyl (C=O) groups excluding carboxylic acids is 1.